The molecule has 0 aliphatic heterocycles. The van der Waals surface area contributed by atoms with Crippen LogP contribution in [0, 0.1) is 0 Å². The van der Waals surface area contributed by atoms with E-state index in [1.807, 2.05) is 0 Å². The van der Waals surface area contributed by atoms with Crippen molar-refractivity contribution in [2.24, 2.45) is 5.73 Å². The molecule has 3 nitrogen and oxygen atoms in total. The van der Waals surface area contributed by atoms with Crippen molar-refractivity contribution in [2.45, 2.75) is 37.8 Å². The van der Waals surface area contributed by atoms with E-state index in [1.54, 1.807) is 0 Å². The lowest BCUT2D eigenvalue weighted by Crippen LogP contribution is -2.56. The average Bonchev–Trinajstić information content (AvgIpc) is 2.33. The van der Waals surface area contributed by atoms with Gasteiger partial charge in [0.25, 0.3) is 0 Å². The van der Waals surface area contributed by atoms with Crippen LogP contribution >= 0.6 is 0 Å². The topological polar surface area (TPSA) is 32.5 Å². The highest BCUT2D eigenvalue weighted by atomic mass is 15.2. The number of likely N-dealkylation sites (N-methyl/N-ethyl adjacent to an activating group) is 2. The van der Waals surface area contributed by atoms with Gasteiger partial charge in [0.15, 0.2) is 0 Å². The summed E-state index contributed by atoms with van der Waals surface area (Å²) in [6.07, 6.45) is 3.94. The van der Waals surface area contributed by atoms with Crippen LogP contribution in [0.25, 0.3) is 0 Å². The summed E-state index contributed by atoms with van der Waals surface area (Å²) in [4.78, 5) is 4.76. The molecular formula is C16H27N3. The van der Waals surface area contributed by atoms with E-state index in [9.17, 15) is 0 Å². The van der Waals surface area contributed by atoms with Crippen LogP contribution in [0.15, 0.2) is 24.3 Å². The molecule has 1 aromatic carbocycles. The summed E-state index contributed by atoms with van der Waals surface area (Å²) in [5.74, 6) is 0. The molecule has 1 atom stereocenters. The van der Waals surface area contributed by atoms with E-state index in [1.165, 1.54) is 30.5 Å². The van der Waals surface area contributed by atoms with Crippen molar-refractivity contribution in [3.05, 3.63) is 29.8 Å². The molecule has 3 heteroatoms. The van der Waals surface area contributed by atoms with Crippen LogP contribution in [0.3, 0.4) is 0 Å². The molecule has 0 spiro atoms. The van der Waals surface area contributed by atoms with E-state index in [2.05, 4.69) is 62.1 Å². The van der Waals surface area contributed by atoms with Crippen molar-refractivity contribution in [3.8, 4) is 0 Å². The van der Waals surface area contributed by atoms with Crippen molar-refractivity contribution < 1.29 is 0 Å². The van der Waals surface area contributed by atoms with Crippen molar-refractivity contribution >= 4 is 5.69 Å². The Labute approximate surface area is 117 Å². The molecule has 1 aliphatic rings. The number of para-hydroxylation sites is 1. The van der Waals surface area contributed by atoms with Gasteiger partial charge in [-0.1, -0.05) is 18.2 Å². The predicted octanol–water partition coefficient (Wildman–Crippen LogP) is 2.63. The maximum absolute atomic E-state index is 6.09. The van der Waals surface area contributed by atoms with Crippen LogP contribution < -0.4 is 10.6 Å². The third-order valence-electron chi connectivity index (χ3n) is 4.60. The number of rotatable bonds is 5. The molecule has 1 aliphatic carbocycles. The fourth-order valence-corrected chi connectivity index (χ4v) is 3.08. The molecule has 1 unspecified atom stereocenters. The fraction of sp³-hybridized carbons (Fsp3) is 0.625. The summed E-state index contributed by atoms with van der Waals surface area (Å²) in [6, 6.07) is 8.57. The van der Waals surface area contributed by atoms with Gasteiger partial charge in [-0.3, -0.25) is 0 Å². The third kappa shape index (κ3) is 2.77. The Morgan fingerprint density at radius 3 is 2.32 bits per heavy atom. The Kier molecular flexibility index (Phi) is 4.16. The highest BCUT2D eigenvalue weighted by molar-refractivity contribution is 5.54. The van der Waals surface area contributed by atoms with Gasteiger partial charge in [0.05, 0.1) is 0 Å². The lowest BCUT2D eigenvalue weighted by Gasteiger charge is -2.49. The number of anilines is 1. The minimum Gasteiger partial charge on any atom is -0.372 e. The smallest absolute Gasteiger partial charge is 0.0412 e. The predicted molar refractivity (Wildman–Crippen MR) is 82.6 cm³/mol. The molecule has 0 radical (unpaired) electrons. The van der Waals surface area contributed by atoms with Gasteiger partial charge in [0.2, 0.25) is 0 Å². The molecule has 0 bridgehead atoms. The standard InChI is InChI=1S/C16H27N3/c1-13(17)14-8-5-6-9-15(14)19(4)12-16(18(2)3)10-7-11-16/h5-6,8-9,13H,7,10-12,17H2,1-4H3. The molecule has 0 amide bonds. The van der Waals surface area contributed by atoms with Gasteiger partial charge >= 0.3 is 0 Å². The fourth-order valence-electron chi connectivity index (χ4n) is 3.08. The molecule has 0 aromatic heterocycles. The Hall–Kier alpha value is -1.06. The summed E-state index contributed by atoms with van der Waals surface area (Å²) in [5.41, 5.74) is 8.94. The maximum atomic E-state index is 6.09. The summed E-state index contributed by atoms with van der Waals surface area (Å²) >= 11 is 0. The second-order valence-electron chi connectivity index (χ2n) is 6.18. The SMILES string of the molecule is CC(N)c1ccccc1N(C)CC1(N(C)C)CCC1. The Bertz CT molecular complexity index is 422. The number of hydrogen-bond donors (Lipinski definition) is 1. The van der Waals surface area contributed by atoms with E-state index in [-0.39, 0.29) is 6.04 Å². The van der Waals surface area contributed by atoms with Gasteiger partial charge in [0, 0.05) is 30.9 Å². The van der Waals surface area contributed by atoms with Gasteiger partial charge < -0.3 is 15.5 Å². The van der Waals surface area contributed by atoms with Gasteiger partial charge in [-0.15, -0.1) is 0 Å². The summed E-state index contributed by atoms with van der Waals surface area (Å²) in [6.45, 7) is 3.13. The average molecular weight is 261 g/mol. The Morgan fingerprint density at radius 2 is 1.84 bits per heavy atom. The number of hydrogen-bond acceptors (Lipinski definition) is 3. The van der Waals surface area contributed by atoms with Crippen LogP contribution in [0.5, 0.6) is 0 Å². The van der Waals surface area contributed by atoms with E-state index >= 15 is 0 Å². The first-order chi connectivity index (χ1) is 8.96. The number of benzene rings is 1. The lowest BCUT2D eigenvalue weighted by molar-refractivity contribution is 0.0683. The summed E-state index contributed by atoms with van der Waals surface area (Å²) < 4.78 is 0. The summed E-state index contributed by atoms with van der Waals surface area (Å²) in [7, 11) is 6.58. The van der Waals surface area contributed by atoms with E-state index in [0.717, 1.165) is 6.54 Å². The van der Waals surface area contributed by atoms with E-state index in [0.29, 0.717) is 5.54 Å². The molecule has 1 fully saturated rings. The number of nitrogens with zero attached hydrogens (tertiary/aromatic N) is 2. The zero-order chi connectivity index (χ0) is 14.0. The molecule has 0 heterocycles. The van der Waals surface area contributed by atoms with Crippen molar-refractivity contribution in [3.63, 3.8) is 0 Å². The Morgan fingerprint density at radius 1 is 1.21 bits per heavy atom. The van der Waals surface area contributed by atoms with Crippen LogP contribution in [0.2, 0.25) is 0 Å². The second kappa shape index (κ2) is 5.51. The van der Waals surface area contributed by atoms with Crippen molar-refractivity contribution in [1.82, 2.24) is 4.90 Å². The first-order valence-corrected chi connectivity index (χ1v) is 7.19. The third-order valence-corrected chi connectivity index (χ3v) is 4.60. The first kappa shape index (κ1) is 14.4. The molecule has 106 valence electrons. The maximum Gasteiger partial charge on any atom is 0.0412 e. The molecule has 19 heavy (non-hydrogen) atoms. The van der Waals surface area contributed by atoms with E-state index < -0.39 is 0 Å². The highest BCUT2D eigenvalue weighted by Gasteiger charge is 2.40. The van der Waals surface area contributed by atoms with Crippen molar-refractivity contribution in [2.75, 3.05) is 32.6 Å². The zero-order valence-electron chi connectivity index (χ0n) is 12.7. The van der Waals surface area contributed by atoms with Crippen LogP contribution in [-0.2, 0) is 0 Å². The molecule has 1 saturated carbocycles. The first-order valence-electron chi connectivity index (χ1n) is 7.19. The molecule has 0 saturated heterocycles. The number of nitrogens with two attached hydrogens (primary N) is 1. The van der Waals surface area contributed by atoms with Gasteiger partial charge in [-0.05, 0) is 51.9 Å². The lowest BCUT2D eigenvalue weighted by atomic mass is 9.75. The van der Waals surface area contributed by atoms with E-state index in [4.69, 9.17) is 5.73 Å². The minimum absolute atomic E-state index is 0.0790. The largest absolute Gasteiger partial charge is 0.372 e. The highest BCUT2D eigenvalue weighted by Crippen LogP contribution is 2.38. The minimum atomic E-state index is 0.0790. The molecule has 2 rings (SSSR count). The molecule has 2 N–H and O–H groups in total. The van der Waals surface area contributed by atoms with Gasteiger partial charge in [-0.25, -0.2) is 0 Å². The van der Waals surface area contributed by atoms with Crippen LogP contribution in [-0.4, -0.2) is 38.1 Å². The summed E-state index contributed by atoms with van der Waals surface area (Å²) in [5, 5.41) is 0. The monoisotopic (exact) mass is 261 g/mol. The quantitative estimate of drug-likeness (QED) is 0.884. The second-order valence-corrected chi connectivity index (χ2v) is 6.18. The van der Waals surface area contributed by atoms with Crippen molar-refractivity contribution in [1.29, 1.82) is 0 Å². The van der Waals surface area contributed by atoms with Gasteiger partial charge in [-0.2, -0.15) is 0 Å². The Balaban J connectivity index is 2.18. The van der Waals surface area contributed by atoms with Crippen LogP contribution in [0.4, 0.5) is 5.69 Å². The van der Waals surface area contributed by atoms with Crippen LogP contribution in [0.1, 0.15) is 37.8 Å². The van der Waals surface area contributed by atoms with Gasteiger partial charge in [0.1, 0.15) is 0 Å². The molecule has 1 aromatic rings. The molecular weight excluding hydrogens is 234 g/mol. The normalized spacial score (nSPS) is 19.1. The zero-order valence-corrected chi connectivity index (χ0v) is 12.7.